The minimum atomic E-state index is 0.833. The van der Waals surface area contributed by atoms with E-state index >= 15 is 0 Å². The van der Waals surface area contributed by atoms with Crippen molar-refractivity contribution >= 4 is 17.2 Å². The molecule has 1 aromatic carbocycles. The Kier molecular flexibility index (Phi) is 4.00. The minimum Gasteiger partial charge on any atom is -0.497 e. The van der Waals surface area contributed by atoms with Crippen molar-refractivity contribution in [2.24, 2.45) is 5.92 Å². The number of piperidine rings is 1. The number of thiocarbonyl (C=S) groups is 1. The van der Waals surface area contributed by atoms with E-state index in [-0.39, 0.29) is 0 Å². The maximum absolute atomic E-state index is 5.56. The Morgan fingerprint density at radius 1 is 1.35 bits per heavy atom. The minimum absolute atomic E-state index is 0.833. The molecule has 0 aromatic heterocycles. The molecule has 0 unspecified atom stereocenters. The van der Waals surface area contributed by atoms with Crippen molar-refractivity contribution in [3.05, 3.63) is 29.8 Å². The molecule has 0 aliphatic carbocycles. The van der Waals surface area contributed by atoms with Gasteiger partial charge in [-0.1, -0.05) is 31.3 Å². The van der Waals surface area contributed by atoms with E-state index in [1.165, 1.54) is 12.8 Å². The highest BCUT2D eigenvalue weighted by Gasteiger charge is 2.18. The van der Waals surface area contributed by atoms with E-state index < -0.39 is 0 Å². The summed E-state index contributed by atoms with van der Waals surface area (Å²) in [6.07, 6.45) is 2.48. The first-order chi connectivity index (χ1) is 8.20. The van der Waals surface area contributed by atoms with E-state index in [0.717, 1.165) is 35.3 Å². The molecule has 1 fully saturated rings. The molecular weight excluding hydrogens is 230 g/mol. The Hall–Kier alpha value is -1.09. The van der Waals surface area contributed by atoms with E-state index in [0.29, 0.717) is 0 Å². The van der Waals surface area contributed by atoms with E-state index in [2.05, 4.69) is 17.9 Å². The highest BCUT2D eigenvalue weighted by atomic mass is 32.1. The second-order valence-corrected chi connectivity index (χ2v) is 5.09. The number of rotatable bonds is 2. The largest absolute Gasteiger partial charge is 0.497 e. The molecular formula is C14H19NOS. The monoisotopic (exact) mass is 249 g/mol. The van der Waals surface area contributed by atoms with Gasteiger partial charge in [0.2, 0.25) is 0 Å². The van der Waals surface area contributed by atoms with Crippen LogP contribution >= 0.6 is 12.2 Å². The number of nitrogens with zero attached hydrogens (tertiary/aromatic N) is 1. The summed E-state index contributed by atoms with van der Waals surface area (Å²) >= 11 is 5.56. The smallest absolute Gasteiger partial charge is 0.119 e. The quantitative estimate of drug-likeness (QED) is 0.747. The second-order valence-electron chi connectivity index (χ2n) is 4.71. The molecule has 0 spiro atoms. The lowest BCUT2D eigenvalue weighted by Crippen LogP contribution is -2.37. The first-order valence-corrected chi connectivity index (χ1v) is 6.55. The average molecular weight is 249 g/mol. The van der Waals surface area contributed by atoms with Crippen LogP contribution in [0.15, 0.2) is 24.3 Å². The summed E-state index contributed by atoms with van der Waals surface area (Å²) in [6, 6.07) is 8.01. The van der Waals surface area contributed by atoms with Crippen molar-refractivity contribution in [2.75, 3.05) is 20.2 Å². The number of hydrogen-bond acceptors (Lipinski definition) is 2. The fraction of sp³-hybridized carbons (Fsp3) is 0.500. The number of methoxy groups -OCH3 is 1. The van der Waals surface area contributed by atoms with Crippen LogP contribution in [-0.2, 0) is 0 Å². The standard InChI is InChI=1S/C14H19NOS/c1-11-6-8-15(9-7-11)14(17)12-4-3-5-13(10-12)16-2/h3-5,10-11H,6-9H2,1-2H3. The van der Waals surface area contributed by atoms with Crippen molar-refractivity contribution in [2.45, 2.75) is 19.8 Å². The molecule has 1 aliphatic heterocycles. The lowest BCUT2D eigenvalue weighted by atomic mass is 9.99. The summed E-state index contributed by atoms with van der Waals surface area (Å²) in [6.45, 7) is 4.47. The predicted octanol–water partition coefficient (Wildman–Crippen LogP) is 3.10. The third-order valence-corrected chi connectivity index (χ3v) is 3.88. The third-order valence-electron chi connectivity index (χ3n) is 3.39. The van der Waals surface area contributed by atoms with Gasteiger partial charge in [-0.3, -0.25) is 0 Å². The SMILES string of the molecule is COc1cccc(C(=S)N2CCC(C)CC2)c1. The van der Waals surface area contributed by atoms with Gasteiger partial charge in [0.05, 0.1) is 7.11 Å². The van der Waals surface area contributed by atoms with Crippen LogP contribution in [0.2, 0.25) is 0 Å². The molecule has 2 nitrogen and oxygen atoms in total. The van der Waals surface area contributed by atoms with Gasteiger partial charge in [-0.25, -0.2) is 0 Å². The first kappa shape index (κ1) is 12.4. The predicted molar refractivity (Wildman–Crippen MR) is 74.7 cm³/mol. The Morgan fingerprint density at radius 2 is 2.06 bits per heavy atom. The zero-order valence-corrected chi connectivity index (χ0v) is 11.3. The van der Waals surface area contributed by atoms with Gasteiger partial charge < -0.3 is 9.64 Å². The maximum Gasteiger partial charge on any atom is 0.119 e. The van der Waals surface area contributed by atoms with Gasteiger partial charge in [0.25, 0.3) is 0 Å². The van der Waals surface area contributed by atoms with Gasteiger partial charge in [0.1, 0.15) is 10.7 Å². The third kappa shape index (κ3) is 2.97. The molecule has 0 amide bonds. The zero-order chi connectivity index (χ0) is 12.3. The summed E-state index contributed by atoms with van der Waals surface area (Å²) < 4.78 is 5.23. The Balaban J connectivity index is 2.08. The summed E-state index contributed by atoms with van der Waals surface area (Å²) in [4.78, 5) is 3.26. The molecule has 1 heterocycles. The van der Waals surface area contributed by atoms with Crippen LogP contribution in [0, 0.1) is 5.92 Å². The molecule has 92 valence electrons. The van der Waals surface area contributed by atoms with Gasteiger partial charge in [-0.15, -0.1) is 0 Å². The van der Waals surface area contributed by atoms with Gasteiger partial charge in [0.15, 0.2) is 0 Å². The van der Waals surface area contributed by atoms with Crippen molar-refractivity contribution in [3.8, 4) is 5.75 Å². The topological polar surface area (TPSA) is 12.5 Å². The van der Waals surface area contributed by atoms with Gasteiger partial charge in [0, 0.05) is 18.7 Å². The van der Waals surface area contributed by atoms with E-state index in [1.807, 2.05) is 18.2 Å². The molecule has 2 rings (SSSR count). The molecule has 0 atom stereocenters. The summed E-state index contributed by atoms with van der Waals surface area (Å²) in [5.41, 5.74) is 1.09. The zero-order valence-electron chi connectivity index (χ0n) is 10.5. The van der Waals surface area contributed by atoms with Crippen LogP contribution in [0.1, 0.15) is 25.3 Å². The lowest BCUT2D eigenvalue weighted by molar-refractivity contribution is 0.284. The summed E-state index contributed by atoms with van der Waals surface area (Å²) in [7, 11) is 1.69. The first-order valence-electron chi connectivity index (χ1n) is 6.14. The fourth-order valence-electron chi connectivity index (χ4n) is 2.15. The molecule has 1 aromatic rings. The number of hydrogen-bond donors (Lipinski definition) is 0. The van der Waals surface area contributed by atoms with Crippen molar-refractivity contribution in [1.29, 1.82) is 0 Å². The number of likely N-dealkylation sites (tertiary alicyclic amines) is 1. The molecule has 0 saturated carbocycles. The van der Waals surface area contributed by atoms with E-state index in [9.17, 15) is 0 Å². The maximum atomic E-state index is 5.56. The van der Waals surface area contributed by atoms with Crippen molar-refractivity contribution in [3.63, 3.8) is 0 Å². The van der Waals surface area contributed by atoms with Crippen LogP contribution < -0.4 is 4.74 Å². The van der Waals surface area contributed by atoms with Crippen LogP contribution in [0.25, 0.3) is 0 Å². The fourth-order valence-corrected chi connectivity index (χ4v) is 2.46. The Bertz CT molecular complexity index is 397. The van der Waals surface area contributed by atoms with Crippen molar-refractivity contribution in [1.82, 2.24) is 4.90 Å². The van der Waals surface area contributed by atoms with E-state index in [4.69, 9.17) is 17.0 Å². The van der Waals surface area contributed by atoms with Crippen LogP contribution in [-0.4, -0.2) is 30.1 Å². The lowest BCUT2D eigenvalue weighted by Gasteiger charge is -2.32. The van der Waals surface area contributed by atoms with Crippen LogP contribution in [0.5, 0.6) is 5.75 Å². The highest BCUT2D eigenvalue weighted by molar-refractivity contribution is 7.80. The molecule has 17 heavy (non-hydrogen) atoms. The average Bonchev–Trinajstić information content (AvgIpc) is 2.39. The van der Waals surface area contributed by atoms with Crippen LogP contribution in [0.4, 0.5) is 0 Å². The van der Waals surface area contributed by atoms with Gasteiger partial charge in [-0.2, -0.15) is 0 Å². The molecule has 1 aliphatic rings. The highest BCUT2D eigenvalue weighted by Crippen LogP contribution is 2.20. The molecule has 0 radical (unpaired) electrons. The van der Waals surface area contributed by atoms with Crippen molar-refractivity contribution < 1.29 is 4.74 Å². The van der Waals surface area contributed by atoms with Crippen LogP contribution in [0.3, 0.4) is 0 Å². The Morgan fingerprint density at radius 3 is 2.71 bits per heavy atom. The number of ether oxygens (including phenoxy) is 1. The van der Waals surface area contributed by atoms with Gasteiger partial charge in [-0.05, 0) is 30.9 Å². The summed E-state index contributed by atoms with van der Waals surface area (Å²) in [5.74, 6) is 1.70. The molecule has 0 N–H and O–H groups in total. The van der Waals surface area contributed by atoms with Gasteiger partial charge >= 0.3 is 0 Å². The second kappa shape index (κ2) is 5.50. The molecule has 1 saturated heterocycles. The summed E-state index contributed by atoms with van der Waals surface area (Å²) in [5, 5.41) is 0. The molecule has 0 bridgehead atoms. The normalized spacial score (nSPS) is 16.9. The molecule has 3 heteroatoms. The Labute approximate surface area is 109 Å². The number of benzene rings is 1. The van der Waals surface area contributed by atoms with E-state index in [1.54, 1.807) is 7.11 Å².